The van der Waals surface area contributed by atoms with Crippen LogP contribution in [0.15, 0.2) is 48.5 Å². The number of aliphatic hydroxyl groups excluding tert-OH is 1. The normalized spacial score (nSPS) is 14.9. The second kappa shape index (κ2) is 11.8. The lowest BCUT2D eigenvalue weighted by Gasteiger charge is -2.31. The summed E-state index contributed by atoms with van der Waals surface area (Å²) in [5, 5.41) is 9.48. The van der Waals surface area contributed by atoms with Gasteiger partial charge in [0, 0.05) is 6.61 Å². The topological polar surface area (TPSA) is 38.7 Å². The Hall–Kier alpha value is -1.41. The van der Waals surface area contributed by atoms with E-state index in [-0.39, 0.29) is 6.61 Å². The molecule has 2 aromatic carbocycles. The molecule has 0 saturated carbocycles. The maximum atomic E-state index is 9.48. The molecule has 0 saturated heterocycles. The van der Waals surface area contributed by atoms with E-state index in [2.05, 4.69) is 70.2 Å². The second-order valence-corrected chi connectivity index (χ2v) is 10.1. The van der Waals surface area contributed by atoms with Crippen molar-refractivity contribution >= 4 is 8.38 Å². The molecule has 0 spiro atoms. The van der Waals surface area contributed by atoms with Crippen molar-refractivity contribution in [3.63, 3.8) is 0 Å². The van der Waals surface area contributed by atoms with Crippen LogP contribution in [-0.4, -0.2) is 17.3 Å². The third-order valence-electron chi connectivity index (χ3n) is 5.82. The third kappa shape index (κ3) is 7.08. The van der Waals surface area contributed by atoms with E-state index in [0.717, 1.165) is 24.8 Å². The molecule has 3 atom stereocenters. The maximum absolute atomic E-state index is 9.48. The van der Waals surface area contributed by atoms with Crippen LogP contribution < -0.4 is 4.52 Å². The second-order valence-electron chi connectivity index (χ2n) is 8.76. The zero-order valence-electron chi connectivity index (χ0n) is 19.5. The van der Waals surface area contributed by atoms with Crippen molar-refractivity contribution in [1.29, 1.82) is 0 Å². The van der Waals surface area contributed by atoms with Gasteiger partial charge >= 0.3 is 0 Å². The first-order chi connectivity index (χ1) is 14.3. The van der Waals surface area contributed by atoms with Crippen molar-refractivity contribution < 1.29 is 14.2 Å². The molecule has 0 aliphatic carbocycles. The van der Waals surface area contributed by atoms with Crippen LogP contribution in [-0.2, 0) is 10.7 Å². The van der Waals surface area contributed by atoms with Gasteiger partial charge in [0.25, 0.3) is 0 Å². The molecule has 2 aromatic rings. The minimum atomic E-state index is -1.22. The zero-order chi connectivity index (χ0) is 22.1. The van der Waals surface area contributed by atoms with Gasteiger partial charge in [0.1, 0.15) is 5.75 Å². The number of benzene rings is 2. The van der Waals surface area contributed by atoms with Crippen molar-refractivity contribution in [3.8, 4) is 5.75 Å². The number of para-hydroxylation sites is 1. The van der Waals surface area contributed by atoms with Crippen LogP contribution in [0.1, 0.15) is 89.3 Å². The summed E-state index contributed by atoms with van der Waals surface area (Å²) < 4.78 is 13.1. The molecule has 0 aliphatic heterocycles. The average Bonchev–Trinajstić information content (AvgIpc) is 2.73. The summed E-state index contributed by atoms with van der Waals surface area (Å²) >= 11 is 0. The molecule has 30 heavy (non-hydrogen) atoms. The van der Waals surface area contributed by atoms with Crippen LogP contribution in [0.4, 0.5) is 0 Å². The highest BCUT2D eigenvalue weighted by atomic mass is 31.2. The number of rotatable bonds is 12. The number of hydrogen-bond acceptors (Lipinski definition) is 3. The summed E-state index contributed by atoms with van der Waals surface area (Å²) in [6.07, 6.45) is 3.48. The molecule has 2 rings (SSSR count). The molecule has 3 nitrogen and oxygen atoms in total. The molecule has 0 fully saturated rings. The minimum absolute atomic E-state index is 0.100. The highest BCUT2D eigenvalue weighted by molar-refractivity contribution is 7.46. The van der Waals surface area contributed by atoms with Crippen LogP contribution in [0.2, 0.25) is 0 Å². The van der Waals surface area contributed by atoms with Gasteiger partial charge in [-0.3, -0.25) is 0 Å². The fourth-order valence-electron chi connectivity index (χ4n) is 3.49. The fraction of sp³-hybridized carbons (Fsp3) is 0.538. The van der Waals surface area contributed by atoms with Crippen LogP contribution in [0.3, 0.4) is 0 Å². The summed E-state index contributed by atoms with van der Waals surface area (Å²) in [4.78, 5) is 0. The van der Waals surface area contributed by atoms with Crippen molar-refractivity contribution in [3.05, 3.63) is 65.2 Å². The van der Waals surface area contributed by atoms with Gasteiger partial charge in [0.15, 0.2) is 0 Å². The van der Waals surface area contributed by atoms with Crippen molar-refractivity contribution in [2.45, 2.75) is 84.4 Å². The van der Waals surface area contributed by atoms with E-state index in [4.69, 9.17) is 9.05 Å². The predicted octanol–water partition coefficient (Wildman–Crippen LogP) is 7.78. The lowest BCUT2D eigenvalue weighted by atomic mass is 9.94. The monoisotopic (exact) mass is 430 g/mol. The molecule has 4 heteroatoms. The number of aliphatic hydroxyl groups is 1. The lowest BCUT2D eigenvalue weighted by molar-refractivity contribution is 0.0795. The fourth-order valence-corrected chi connectivity index (χ4v) is 5.25. The summed E-state index contributed by atoms with van der Waals surface area (Å²) in [7, 11) is -1.22. The molecular weight excluding hydrogens is 391 g/mol. The van der Waals surface area contributed by atoms with Crippen LogP contribution >= 0.6 is 8.38 Å². The molecule has 0 aromatic heterocycles. The van der Waals surface area contributed by atoms with E-state index in [0.29, 0.717) is 18.3 Å². The molecule has 0 amide bonds. The molecule has 0 bridgehead atoms. The van der Waals surface area contributed by atoms with Gasteiger partial charge < -0.3 is 14.2 Å². The average molecular weight is 431 g/mol. The van der Waals surface area contributed by atoms with E-state index in [9.17, 15) is 5.11 Å². The summed E-state index contributed by atoms with van der Waals surface area (Å²) in [5.41, 5.74) is 3.44. The third-order valence-corrected chi connectivity index (χ3v) is 7.52. The highest BCUT2D eigenvalue weighted by Crippen LogP contribution is 2.49. The Morgan fingerprint density at radius 3 is 2.10 bits per heavy atom. The highest BCUT2D eigenvalue weighted by Gasteiger charge is 2.28. The van der Waals surface area contributed by atoms with E-state index in [1.807, 2.05) is 19.9 Å². The first-order valence-electron chi connectivity index (χ1n) is 11.2. The maximum Gasteiger partial charge on any atom is 0.235 e. The molecule has 1 N–H and O–H groups in total. The van der Waals surface area contributed by atoms with Crippen LogP contribution in [0.5, 0.6) is 5.75 Å². The first kappa shape index (κ1) is 24.9. The Labute approximate surface area is 184 Å². The van der Waals surface area contributed by atoms with Gasteiger partial charge in [-0.25, -0.2) is 0 Å². The predicted molar refractivity (Wildman–Crippen MR) is 128 cm³/mol. The van der Waals surface area contributed by atoms with Crippen LogP contribution in [0, 0.1) is 0 Å². The quantitative estimate of drug-likeness (QED) is 0.349. The standard InChI is InChI=1S/C26H39O3P/c1-7-20(3)23-14-10-9-13-22(23)19-30(29-26(5,6)17-18-27)28-25-16-12-11-15-24(25)21(4)8-2/h9-16,20-21,27H,7-8,17-19H2,1-6H3. The molecule has 0 radical (unpaired) electrons. The van der Waals surface area contributed by atoms with Gasteiger partial charge in [-0.05, 0) is 67.7 Å². The molecule has 0 heterocycles. The van der Waals surface area contributed by atoms with Crippen LogP contribution in [0.25, 0.3) is 0 Å². The summed E-state index contributed by atoms with van der Waals surface area (Å²) in [6, 6.07) is 16.9. The van der Waals surface area contributed by atoms with E-state index >= 15 is 0 Å². The van der Waals surface area contributed by atoms with Crippen molar-refractivity contribution in [2.24, 2.45) is 0 Å². The number of hydrogen-bond donors (Lipinski definition) is 1. The molecule has 3 unspecified atom stereocenters. The Bertz CT molecular complexity index is 719. The van der Waals surface area contributed by atoms with E-state index < -0.39 is 14.0 Å². The zero-order valence-corrected chi connectivity index (χ0v) is 20.4. The first-order valence-corrected chi connectivity index (χ1v) is 12.6. The van der Waals surface area contributed by atoms with Gasteiger partial charge in [0.2, 0.25) is 8.38 Å². The minimum Gasteiger partial charge on any atom is -0.447 e. The molecule has 0 aliphatic rings. The summed E-state index contributed by atoms with van der Waals surface area (Å²) in [5.74, 6) is 1.84. The smallest absolute Gasteiger partial charge is 0.235 e. The van der Waals surface area contributed by atoms with E-state index in [1.165, 1.54) is 16.7 Å². The van der Waals surface area contributed by atoms with Gasteiger partial charge in [-0.15, -0.1) is 0 Å². The molecule has 166 valence electrons. The van der Waals surface area contributed by atoms with Crippen molar-refractivity contribution in [2.75, 3.05) is 6.61 Å². The SMILES string of the molecule is CCC(C)c1ccccc1CP(Oc1ccccc1C(C)CC)OC(C)(C)CCO. The summed E-state index contributed by atoms with van der Waals surface area (Å²) in [6.45, 7) is 13.1. The largest absolute Gasteiger partial charge is 0.447 e. The Morgan fingerprint density at radius 2 is 1.47 bits per heavy atom. The Balaban J connectivity index is 2.36. The Kier molecular flexibility index (Phi) is 9.81. The van der Waals surface area contributed by atoms with Gasteiger partial charge in [0.05, 0.1) is 11.8 Å². The van der Waals surface area contributed by atoms with Crippen molar-refractivity contribution in [1.82, 2.24) is 0 Å². The van der Waals surface area contributed by atoms with E-state index in [1.54, 1.807) is 0 Å². The Morgan fingerprint density at radius 1 is 0.900 bits per heavy atom. The van der Waals surface area contributed by atoms with Gasteiger partial charge in [-0.2, -0.15) is 0 Å². The lowest BCUT2D eigenvalue weighted by Crippen LogP contribution is -2.24. The molecular formula is C26H39O3P. The van der Waals surface area contributed by atoms with Gasteiger partial charge in [-0.1, -0.05) is 70.2 Å².